The topological polar surface area (TPSA) is 79.0 Å². The fraction of sp³-hybridized carbons (Fsp3) is 0.591. The van der Waals surface area contributed by atoms with Gasteiger partial charge in [-0.1, -0.05) is 20.8 Å². The van der Waals surface area contributed by atoms with Crippen molar-refractivity contribution in [3.8, 4) is 0 Å². The summed E-state index contributed by atoms with van der Waals surface area (Å²) in [6, 6.07) is 7.03. The summed E-state index contributed by atoms with van der Waals surface area (Å²) in [4.78, 5) is 40.5. The third-order valence-corrected chi connectivity index (χ3v) is 5.43. The molecule has 2 aliphatic rings. The molecule has 1 aliphatic heterocycles. The number of carbonyl (C=O) groups excluding carboxylic acids is 3. The number of hydrogen-bond acceptors (Lipinski definition) is 4. The monoisotopic (exact) mass is 401 g/mol. The van der Waals surface area contributed by atoms with Gasteiger partial charge in [0.2, 0.25) is 5.91 Å². The lowest BCUT2D eigenvalue weighted by Crippen LogP contribution is -2.37. The second kappa shape index (κ2) is 9.29. The van der Waals surface area contributed by atoms with Crippen LogP contribution >= 0.6 is 0 Å². The van der Waals surface area contributed by atoms with Crippen LogP contribution in [0.4, 0.5) is 10.5 Å². The number of nitrogens with one attached hydrogen (secondary N) is 1. The lowest BCUT2D eigenvalue weighted by molar-refractivity contribution is -0.117. The molecule has 1 saturated heterocycles. The van der Waals surface area contributed by atoms with Gasteiger partial charge in [0.25, 0.3) is 5.91 Å². The Balaban J connectivity index is 1.52. The summed E-state index contributed by atoms with van der Waals surface area (Å²) < 4.78 is 5.30. The first kappa shape index (κ1) is 21.1. The van der Waals surface area contributed by atoms with Crippen LogP contribution in [0, 0.1) is 17.8 Å². The molecule has 7 heteroatoms. The fourth-order valence-corrected chi connectivity index (χ4v) is 3.43. The zero-order chi connectivity index (χ0) is 21.0. The van der Waals surface area contributed by atoms with E-state index in [1.807, 2.05) is 13.8 Å². The summed E-state index contributed by atoms with van der Waals surface area (Å²) in [5.41, 5.74) is 1.29. The van der Waals surface area contributed by atoms with Gasteiger partial charge in [0, 0.05) is 43.3 Å². The molecular formula is C22H31N3O4. The minimum absolute atomic E-state index is 0.0496. The summed E-state index contributed by atoms with van der Waals surface area (Å²) in [5, 5.41) is 2.91. The largest absolute Gasteiger partial charge is 0.449 e. The van der Waals surface area contributed by atoms with Gasteiger partial charge in [0.05, 0.1) is 6.61 Å². The van der Waals surface area contributed by atoms with E-state index in [0.717, 1.165) is 12.8 Å². The maximum Gasteiger partial charge on any atom is 0.409 e. The molecule has 1 saturated carbocycles. The molecular weight excluding hydrogens is 370 g/mol. The van der Waals surface area contributed by atoms with E-state index in [1.54, 1.807) is 34.1 Å². The van der Waals surface area contributed by atoms with Crippen molar-refractivity contribution in [2.45, 2.75) is 33.6 Å². The van der Waals surface area contributed by atoms with Gasteiger partial charge in [-0.15, -0.1) is 0 Å². The van der Waals surface area contributed by atoms with Crippen molar-refractivity contribution in [1.29, 1.82) is 0 Å². The van der Waals surface area contributed by atoms with E-state index >= 15 is 0 Å². The van der Waals surface area contributed by atoms with Crippen LogP contribution in [0.5, 0.6) is 0 Å². The minimum Gasteiger partial charge on any atom is -0.449 e. The Hall–Kier alpha value is -2.57. The molecule has 158 valence electrons. The van der Waals surface area contributed by atoms with Gasteiger partial charge in [-0.2, -0.15) is 0 Å². The molecule has 2 atom stereocenters. The first-order valence-corrected chi connectivity index (χ1v) is 10.5. The van der Waals surface area contributed by atoms with E-state index in [9.17, 15) is 14.4 Å². The number of ether oxygens (including phenoxy) is 1. The second-order valence-corrected chi connectivity index (χ2v) is 8.49. The van der Waals surface area contributed by atoms with Crippen LogP contribution < -0.4 is 5.32 Å². The number of anilines is 1. The van der Waals surface area contributed by atoms with Crippen LogP contribution in [-0.2, 0) is 9.53 Å². The molecule has 3 amide bonds. The Morgan fingerprint density at radius 1 is 1.07 bits per heavy atom. The fourth-order valence-electron chi connectivity index (χ4n) is 3.43. The molecule has 1 heterocycles. The maximum absolute atomic E-state index is 12.8. The highest BCUT2D eigenvalue weighted by Gasteiger charge is 2.39. The predicted octanol–water partition coefficient (Wildman–Crippen LogP) is 3.22. The summed E-state index contributed by atoms with van der Waals surface area (Å²) in [6.07, 6.45) is 1.35. The smallest absolute Gasteiger partial charge is 0.409 e. The van der Waals surface area contributed by atoms with E-state index in [-0.39, 0.29) is 23.8 Å². The molecule has 29 heavy (non-hydrogen) atoms. The molecule has 3 rings (SSSR count). The van der Waals surface area contributed by atoms with Crippen molar-refractivity contribution in [2.75, 3.05) is 38.1 Å². The van der Waals surface area contributed by atoms with Crippen LogP contribution in [-0.4, -0.2) is 60.5 Å². The molecule has 7 nitrogen and oxygen atoms in total. The van der Waals surface area contributed by atoms with E-state index < -0.39 is 0 Å². The Labute approximate surface area is 172 Å². The van der Waals surface area contributed by atoms with Gasteiger partial charge in [-0.3, -0.25) is 9.59 Å². The van der Waals surface area contributed by atoms with Gasteiger partial charge >= 0.3 is 6.09 Å². The lowest BCUT2D eigenvalue weighted by Gasteiger charge is -2.22. The number of nitrogens with zero attached hydrogens (tertiary/aromatic N) is 2. The Bertz CT molecular complexity index is 747. The van der Waals surface area contributed by atoms with E-state index in [0.29, 0.717) is 55.9 Å². The average Bonchev–Trinajstić information content (AvgIpc) is 3.47. The van der Waals surface area contributed by atoms with Crippen molar-refractivity contribution >= 4 is 23.6 Å². The molecule has 1 aromatic carbocycles. The van der Waals surface area contributed by atoms with Crippen molar-refractivity contribution in [3.63, 3.8) is 0 Å². The quantitative estimate of drug-likeness (QED) is 0.822. The molecule has 0 bridgehead atoms. The summed E-state index contributed by atoms with van der Waals surface area (Å²) in [7, 11) is 0. The number of hydrogen-bond donors (Lipinski definition) is 1. The molecule has 2 fully saturated rings. The van der Waals surface area contributed by atoms with Crippen LogP contribution in [0.1, 0.15) is 44.0 Å². The SMILES string of the molecule is CC(C)COC(=O)N1CCCN(C(=O)c2ccc(NC(=O)C3CC3C)cc2)CC1. The lowest BCUT2D eigenvalue weighted by atomic mass is 10.1. The summed E-state index contributed by atoms with van der Waals surface area (Å²) in [6.45, 7) is 8.61. The molecule has 1 aromatic rings. The van der Waals surface area contributed by atoms with Gasteiger partial charge in [0.1, 0.15) is 0 Å². The van der Waals surface area contributed by atoms with Crippen LogP contribution in [0.2, 0.25) is 0 Å². The third-order valence-electron chi connectivity index (χ3n) is 5.43. The number of benzene rings is 1. The van der Waals surface area contributed by atoms with E-state index in [1.165, 1.54) is 0 Å². The highest BCUT2D eigenvalue weighted by molar-refractivity contribution is 5.97. The Morgan fingerprint density at radius 3 is 2.31 bits per heavy atom. The predicted molar refractivity (Wildman–Crippen MR) is 111 cm³/mol. The van der Waals surface area contributed by atoms with Crippen molar-refractivity contribution in [1.82, 2.24) is 9.80 Å². The summed E-state index contributed by atoms with van der Waals surface area (Å²) >= 11 is 0. The first-order chi connectivity index (χ1) is 13.8. The average molecular weight is 402 g/mol. The van der Waals surface area contributed by atoms with Crippen LogP contribution in [0.15, 0.2) is 24.3 Å². The van der Waals surface area contributed by atoms with Crippen LogP contribution in [0.25, 0.3) is 0 Å². The van der Waals surface area contributed by atoms with Gasteiger partial charge in [-0.05, 0) is 48.9 Å². The van der Waals surface area contributed by atoms with E-state index in [4.69, 9.17) is 4.74 Å². The highest BCUT2D eigenvalue weighted by Crippen LogP contribution is 2.38. The third kappa shape index (κ3) is 5.71. The Kier molecular flexibility index (Phi) is 6.77. The van der Waals surface area contributed by atoms with Gasteiger partial charge in [-0.25, -0.2) is 4.79 Å². The maximum atomic E-state index is 12.8. The normalized spacial score (nSPS) is 21.5. The Morgan fingerprint density at radius 2 is 1.69 bits per heavy atom. The molecule has 1 N–H and O–H groups in total. The number of amides is 3. The second-order valence-electron chi connectivity index (χ2n) is 8.49. The first-order valence-electron chi connectivity index (χ1n) is 10.5. The van der Waals surface area contributed by atoms with Crippen molar-refractivity contribution in [2.24, 2.45) is 17.8 Å². The highest BCUT2D eigenvalue weighted by atomic mass is 16.6. The zero-order valence-electron chi connectivity index (χ0n) is 17.5. The number of carbonyl (C=O) groups is 3. The van der Waals surface area contributed by atoms with E-state index in [2.05, 4.69) is 12.2 Å². The summed E-state index contributed by atoms with van der Waals surface area (Å²) in [5.74, 6) is 0.860. The standard InChI is InChI=1S/C22H31N3O4/c1-15(2)14-29-22(28)25-10-4-9-24(11-12-25)21(27)17-5-7-18(8-6-17)23-20(26)19-13-16(19)3/h5-8,15-16,19H,4,9-14H2,1-3H3,(H,23,26). The van der Waals surface area contributed by atoms with Gasteiger partial charge in [0.15, 0.2) is 0 Å². The van der Waals surface area contributed by atoms with Crippen molar-refractivity contribution in [3.05, 3.63) is 29.8 Å². The number of rotatable bonds is 5. The molecule has 0 spiro atoms. The molecule has 2 unspecified atom stereocenters. The van der Waals surface area contributed by atoms with Crippen LogP contribution in [0.3, 0.4) is 0 Å². The van der Waals surface area contributed by atoms with Gasteiger partial charge < -0.3 is 19.9 Å². The molecule has 0 aromatic heterocycles. The molecule has 0 radical (unpaired) electrons. The van der Waals surface area contributed by atoms with Crippen molar-refractivity contribution < 1.29 is 19.1 Å². The minimum atomic E-state index is -0.307. The molecule has 1 aliphatic carbocycles. The zero-order valence-corrected chi connectivity index (χ0v) is 17.5.